The molecule has 2 atom stereocenters. The Bertz CT molecular complexity index is 293. The predicted octanol–water partition coefficient (Wildman–Crippen LogP) is -0.970. The first-order valence-corrected chi connectivity index (χ1v) is 5.71. The second kappa shape index (κ2) is 5.34. The molecule has 0 aromatic heterocycles. The molecule has 1 heterocycles. The normalized spacial score (nSPS) is 24.9. The van der Waals surface area contributed by atoms with E-state index in [1.54, 1.807) is 4.90 Å². The van der Waals surface area contributed by atoms with Gasteiger partial charge in [-0.25, -0.2) is 0 Å². The Kier molecular flexibility index (Phi) is 4.37. The van der Waals surface area contributed by atoms with Crippen LogP contribution in [-0.4, -0.2) is 50.5 Å². The SMILES string of the molecule is CC(=O)OC1CN(CS(=O)[O-])CCC1=O. The Labute approximate surface area is 89.9 Å². The molecule has 0 amide bonds. The maximum atomic E-state index is 11.3. The van der Waals surface area contributed by atoms with Crippen molar-refractivity contribution in [3.8, 4) is 0 Å². The topological polar surface area (TPSA) is 86.7 Å². The monoisotopic (exact) mass is 234 g/mol. The Hall–Kier alpha value is -0.790. The molecule has 0 saturated carbocycles. The van der Waals surface area contributed by atoms with Crippen LogP contribution >= 0.6 is 0 Å². The van der Waals surface area contributed by atoms with E-state index >= 15 is 0 Å². The molecule has 86 valence electrons. The van der Waals surface area contributed by atoms with Crippen LogP contribution < -0.4 is 0 Å². The van der Waals surface area contributed by atoms with Crippen LogP contribution in [-0.2, 0) is 25.4 Å². The van der Waals surface area contributed by atoms with Gasteiger partial charge in [0.05, 0.1) is 5.88 Å². The zero-order valence-corrected chi connectivity index (χ0v) is 9.12. The van der Waals surface area contributed by atoms with Gasteiger partial charge in [0.1, 0.15) is 0 Å². The molecular formula is C8H12NO5S-. The van der Waals surface area contributed by atoms with Gasteiger partial charge in [-0.05, 0) is 11.1 Å². The number of likely N-dealkylation sites (tertiary alicyclic amines) is 1. The predicted molar refractivity (Wildman–Crippen MR) is 50.5 cm³/mol. The van der Waals surface area contributed by atoms with Crippen LogP contribution in [0.5, 0.6) is 0 Å². The number of carbonyl (C=O) groups is 2. The van der Waals surface area contributed by atoms with Crippen LogP contribution in [0.3, 0.4) is 0 Å². The summed E-state index contributed by atoms with van der Waals surface area (Å²) in [6.45, 7) is 1.77. The Balaban J connectivity index is 2.51. The van der Waals surface area contributed by atoms with Crippen LogP contribution in [0.25, 0.3) is 0 Å². The van der Waals surface area contributed by atoms with E-state index in [0.717, 1.165) is 0 Å². The van der Waals surface area contributed by atoms with Crippen molar-refractivity contribution in [2.45, 2.75) is 19.4 Å². The molecule has 0 radical (unpaired) electrons. The summed E-state index contributed by atoms with van der Waals surface area (Å²) in [4.78, 5) is 23.5. The standard InChI is InChI=1S/C8H13NO5S/c1-6(10)14-8-4-9(5-15(12)13)3-2-7(8)11/h8H,2-5H2,1H3,(H,12,13)/p-1. The van der Waals surface area contributed by atoms with E-state index in [4.69, 9.17) is 4.74 Å². The number of Topliss-reactive ketones (excluding diaryl/α,β-unsaturated/α-hetero) is 1. The van der Waals surface area contributed by atoms with Gasteiger partial charge in [-0.3, -0.25) is 18.7 Å². The van der Waals surface area contributed by atoms with Crippen molar-refractivity contribution in [1.29, 1.82) is 0 Å². The number of nitrogens with zero attached hydrogens (tertiary/aromatic N) is 1. The number of hydrogen-bond donors (Lipinski definition) is 0. The molecule has 0 aromatic rings. The highest BCUT2D eigenvalue weighted by molar-refractivity contribution is 7.79. The highest BCUT2D eigenvalue weighted by Gasteiger charge is 2.29. The molecule has 15 heavy (non-hydrogen) atoms. The van der Waals surface area contributed by atoms with E-state index in [0.29, 0.717) is 6.54 Å². The Morgan fingerprint density at radius 1 is 1.73 bits per heavy atom. The van der Waals surface area contributed by atoms with Gasteiger partial charge in [0.25, 0.3) is 0 Å². The van der Waals surface area contributed by atoms with Gasteiger partial charge in [-0.1, -0.05) is 0 Å². The number of hydrogen-bond acceptors (Lipinski definition) is 6. The number of esters is 1. The second-order valence-electron chi connectivity index (χ2n) is 3.32. The number of piperidine rings is 1. The third kappa shape index (κ3) is 4.06. The van der Waals surface area contributed by atoms with Crippen molar-refractivity contribution in [1.82, 2.24) is 4.90 Å². The van der Waals surface area contributed by atoms with Crippen molar-refractivity contribution in [2.75, 3.05) is 19.0 Å². The van der Waals surface area contributed by atoms with Crippen LogP contribution in [0.1, 0.15) is 13.3 Å². The Morgan fingerprint density at radius 3 is 2.93 bits per heavy atom. The molecule has 0 aromatic carbocycles. The summed E-state index contributed by atoms with van der Waals surface area (Å²) >= 11 is -2.18. The van der Waals surface area contributed by atoms with E-state index < -0.39 is 23.2 Å². The minimum Gasteiger partial charge on any atom is -0.771 e. The minimum atomic E-state index is -2.18. The van der Waals surface area contributed by atoms with E-state index in [-0.39, 0.29) is 24.6 Å². The zero-order valence-electron chi connectivity index (χ0n) is 8.30. The number of rotatable bonds is 3. The quantitative estimate of drug-likeness (QED) is 0.461. The van der Waals surface area contributed by atoms with Crippen LogP contribution in [0.4, 0.5) is 0 Å². The molecular weight excluding hydrogens is 222 g/mol. The van der Waals surface area contributed by atoms with Gasteiger partial charge < -0.3 is 9.29 Å². The average Bonchev–Trinajstić information content (AvgIpc) is 2.09. The summed E-state index contributed by atoms with van der Waals surface area (Å²) in [7, 11) is 0. The van der Waals surface area contributed by atoms with Gasteiger partial charge in [0, 0.05) is 26.4 Å². The molecule has 0 spiro atoms. The van der Waals surface area contributed by atoms with Crippen LogP contribution in [0.15, 0.2) is 0 Å². The fourth-order valence-corrected chi connectivity index (χ4v) is 1.96. The van der Waals surface area contributed by atoms with Gasteiger partial charge in [-0.15, -0.1) is 0 Å². The fraction of sp³-hybridized carbons (Fsp3) is 0.750. The van der Waals surface area contributed by atoms with E-state index in [1.807, 2.05) is 0 Å². The molecule has 1 saturated heterocycles. The molecule has 1 fully saturated rings. The first-order chi connectivity index (χ1) is 6.99. The number of carbonyl (C=O) groups excluding carboxylic acids is 2. The molecule has 7 heteroatoms. The van der Waals surface area contributed by atoms with Crippen molar-refractivity contribution in [3.63, 3.8) is 0 Å². The van der Waals surface area contributed by atoms with Gasteiger partial charge >= 0.3 is 5.97 Å². The van der Waals surface area contributed by atoms with E-state index in [2.05, 4.69) is 0 Å². The average molecular weight is 234 g/mol. The van der Waals surface area contributed by atoms with Crippen molar-refractivity contribution in [2.24, 2.45) is 0 Å². The molecule has 1 aliphatic rings. The van der Waals surface area contributed by atoms with Gasteiger partial charge in [-0.2, -0.15) is 0 Å². The lowest BCUT2D eigenvalue weighted by atomic mass is 10.1. The van der Waals surface area contributed by atoms with Crippen molar-refractivity contribution in [3.05, 3.63) is 0 Å². The highest BCUT2D eigenvalue weighted by atomic mass is 32.2. The van der Waals surface area contributed by atoms with Crippen LogP contribution in [0, 0.1) is 0 Å². The molecule has 0 bridgehead atoms. The summed E-state index contributed by atoms with van der Waals surface area (Å²) in [6.07, 6.45) is -0.602. The fourth-order valence-electron chi connectivity index (χ4n) is 1.43. The molecule has 2 unspecified atom stereocenters. The molecule has 0 aliphatic carbocycles. The lowest BCUT2D eigenvalue weighted by Gasteiger charge is -2.31. The maximum Gasteiger partial charge on any atom is 0.303 e. The maximum absolute atomic E-state index is 11.3. The van der Waals surface area contributed by atoms with Crippen molar-refractivity contribution >= 4 is 22.8 Å². The van der Waals surface area contributed by atoms with Gasteiger partial charge in [0.15, 0.2) is 11.9 Å². The molecule has 0 N–H and O–H groups in total. The summed E-state index contributed by atoms with van der Waals surface area (Å²) in [5.74, 6) is -0.818. The first-order valence-electron chi connectivity index (χ1n) is 4.47. The van der Waals surface area contributed by atoms with E-state index in [1.165, 1.54) is 6.92 Å². The van der Waals surface area contributed by atoms with Gasteiger partial charge in [0.2, 0.25) is 0 Å². The lowest BCUT2D eigenvalue weighted by Crippen LogP contribution is -2.47. The largest absolute Gasteiger partial charge is 0.771 e. The minimum absolute atomic E-state index is 0.134. The van der Waals surface area contributed by atoms with Crippen molar-refractivity contribution < 1.29 is 23.1 Å². The third-order valence-corrected chi connectivity index (χ3v) is 2.63. The molecule has 1 aliphatic heterocycles. The smallest absolute Gasteiger partial charge is 0.303 e. The summed E-state index contributed by atoms with van der Waals surface area (Å²) in [6, 6.07) is 0. The third-order valence-electron chi connectivity index (χ3n) is 2.05. The summed E-state index contributed by atoms with van der Waals surface area (Å²) in [5.41, 5.74) is 0. The van der Waals surface area contributed by atoms with E-state index in [9.17, 15) is 18.4 Å². The molecule has 1 rings (SSSR count). The Morgan fingerprint density at radius 2 is 2.40 bits per heavy atom. The second-order valence-corrected chi connectivity index (χ2v) is 4.19. The first kappa shape index (κ1) is 12.3. The highest BCUT2D eigenvalue weighted by Crippen LogP contribution is 2.10. The molecule has 6 nitrogen and oxygen atoms in total. The number of ether oxygens (including phenoxy) is 1. The van der Waals surface area contributed by atoms with Crippen LogP contribution in [0.2, 0.25) is 0 Å². The number of ketones is 1. The summed E-state index contributed by atoms with van der Waals surface area (Å²) in [5, 5.41) is 0. The lowest BCUT2D eigenvalue weighted by molar-refractivity contribution is -0.156. The summed E-state index contributed by atoms with van der Waals surface area (Å²) < 4.78 is 25.7. The zero-order chi connectivity index (χ0) is 11.4.